The van der Waals surface area contributed by atoms with Crippen molar-refractivity contribution in [2.75, 3.05) is 0 Å². The Labute approximate surface area is 126 Å². The maximum absolute atomic E-state index is 7.87. The van der Waals surface area contributed by atoms with Crippen LogP contribution < -0.4 is 0 Å². The van der Waals surface area contributed by atoms with Crippen molar-refractivity contribution in [1.82, 2.24) is 0 Å². The van der Waals surface area contributed by atoms with Crippen molar-refractivity contribution in [3.05, 3.63) is 20.8 Å². The Balaban J connectivity index is -0.0000000369. The molecule has 0 amide bonds. The monoisotopic (exact) mass is 337 g/mol. The molecule has 0 radical (unpaired) electrons. The quantitative estimate of drug-likeness (QED) is 0.237. The van der Waals surface area contributed by atoms with Crippen molar-refractivity contribution in [3.8, 4) is 0 Å². The zero-order valence-corrected chi connectivity index (χ0v) is 16.4. The van der Waals surface area contributed by atoms with Gasteiger partial charge in [0.05, 0.1) is 0 Å². The summed E-state index contributed by atoms with van der Waals surface area (Å²) in [5, 5.41) is 0. The van der Waals surface area contributed by atoms with E-state index in [1.807, 2.05) is 0 Å². The molecule has 0 aromatic heterocycles. The van der Waals surface area contributed by atoms with Crippen LogP contribution in [0.5, 0.6) is 0 Å². The van der Waals surface area contributed by atoms with Crippen molar-refractivity contribution in [1.29, 1.82) is 0 Å². The van der Waals surface area contributed by atoms with Crippen molar-refractivity contribution in [2.24, 2.45) is 0 Å². The molecule has 0 atom stereocenters. The smallest absolute Gasteiger partial charge is 0.239 e. The summed E-state index contributed by atoms with van der Waals surface area (Å²) in [5.74, 6) is 0. The van der Waals surface area contributed by atoms with Gasteiger partial charge in [-0.1, -0.05) is 38.4 Å². The third-order valence-electron chi connectivity index (χ3n) is 0.854. The average molecular weight is 339 g/mol. The molecule has 6 heteroatoms. The van der Waals surface area contributed by atoms with E-state index in [0.29, 0.717) is 0 Å². The third-order valence-corrected chi connectivity index (χ3v) is 0.854. The van der Waals surface area contributed by atoms with E-state index in [2.05, 4.69) is 51.8 Å². The van der Waals surface area contributed by atoms with Crippen LogP contribution in [-0.2, 0) is 31.3 Å². The van der Waals surface area contributed by atoms with Crippen LogP contribution in [0.3, 0.4) is 0 Å². The number of unbranched alkanes of at least 4 members (excludes halogenated alkanes) is 3. The minimum Gasteiger partial charge on any atom is -0.346 e. The molecule has 0 aliphatic heterocycles. The van der Waals surface area contributed by atoms with Crippen LogP contribution in [0.4, 0.5) is 0 Å². The van der Waals surface area contributed by atoms with Gasteiger partial charge in [-0.3, -0.25) is 0 Å². The van der Waals surface area contributed by atoms with E-state index in [-0.39, 0.29) is 19.5 Å². The van der Waals surface area contributed by atoms with E-state index in [0.717, 1.165) is 6.42 Å². The molecule has 2 nitrogen and oxygen atoms in total. The Morgan fingerprint density at radius 1 is 1.12 bits per heavy atom. The largest absolute Gasteiger partial charge is 0.346 e. The first-order valence-corrected chi connectivity index (χ1v) is 8.76. The topological polar surface area (TPSA) is 40.5 Å². The minimum absolute atomic E-state index is 0. The van der Waals surface area contributed by atoms with Crippen LogP contribution in [0.25, 0.3) is 0 Å². The first kappa shape index (κ1) is 30.5. The zero-order valence-electron chi connectivity index (χ0n) is 10.9. The first-order valence-electron chi connectivity index (χ1n) is 4.90. The van der Waals surface area contributed by atoms with Crippen molar-refractivity contribution in [2.45, 2.75) is 46.5 Å². The predicted octanol–water partition coefficient (Wildman–Crippen LogP) is 4.20. The van der Waals surface area contributed by atoms with Gasteiger partial charge in [-0.05, 0) is 11.8 Å². The van der Waals surface area contributed by atoms with E-state index in [4.69, 9.17) is 9.79 Å². The molecule has 0 bridgehead atoms. The van der Waals surface area contributed by atoms with E-state index in [1.54, 1.807) is 13.8 Å². The van der Waals surface area contributed by atoms with Crippen LogP contribution in [0.15, 0.2) is 0 Å². The maximum atomic E-state index is 7.87. The Morgan fingerprint density at radius 3 is 1.44 bits per heavy atom. The van der Waals surface area contributed by atoms with Gasteiger partial charge in [0.1, 0.15) is 0 Å². The average Bonchev–Trinajstić information content (AvgIpc) is 2.18. The Morgan fingerprint density at radius 2 is 1.38 bits per heavy atom. The van der Waals surface area contributed by atoms with Crippen LogP contribution >= 0.6 is 17.9 Å². The Kier molecular flexibility index (Phi) is 57.2. The van der Waals surface area contributed by atoms with Gasteiger partial charge in [0, 0.05) is 19.5 Å². The van der Waals surface area contributed by atoms with Crippen molar-refractivity contribution in [3.63, 3.8) is 0 Å². The molecular formula is C10H26O2PS2Zn-3. The molecule has 100 valence electrons. The maximum Gasteiger partial charge on any atom is 0.239 e. The molecule has 0 rings (SSSR count). The molecule has 2 N–H and O–H groups in total. The van der Waals surface area contributed by atoms with Crippen LogP contribution in [0.2, 0.25) is 0 Å². The summed E-state index contributed by atoms with van der Waals surface area (Å²) in [6.45, 7) is 15.9. The normalized spacial score (nSPS) is 7.81. The van der Waals surface area contributed by atoms with Crippen molar-refractivity contribution < 1.29 is 29.3 Å². The molecule has 0 fully saturated rings. The van der Waals surface area contributed by atoms with Gasteiger partial charge in [0.25, 0.3) is 0 Å². The number of thiol groups is 1. The van der Waals surface area contributed by atoms with E-state index in [9.17, 15) is 0 Å². The number of hydrogen-bond donors (Lipinski definition) is 3. The predicted molar refractivity (Wildman–Crippen MR) is 79.3 cm³/mol. The van der Waals surface area contributed by atoms with Crippen LogP contribution in [-0.4, -0.2) is 9.79 Å². The van der Waals surface area contributed by atoms with Gasteiger partial charge in [0.2, 0.25) is 5.69 Å². The first-order chi connectivity index (χ1) is 6.91. The SMILES string of the molecule is OP(O)(=S)S.[CH2-]C.[CH2-]C.[CH2-]CCCCC.[Zn]. The summed E-state index contributed by atoms with van der Waals surface area (Å²) in [6, 6.07) is 0. The fourth-order valence-electron chi connectivity index (χ4n) is 0.427. The van der Waals surface area contributed by atoms with Gasteiger partial charge in [-0.25, -0.2) is 0 Å². The molecule has 0 saturated carbocycles. The van der Waals surface area contributed by atoms with E-state index >= 15 is 0 Å². The third kappa shape index (κ3) is 159. The molecular weight excluding hydrogens is 313 g/mol. The molecule has 16 heavy (non-hydrogen) atoms. The fourth-order valence-corrected chi connectivity index (χ4v) is 0.427. The van der Waals surface area contributed by atoms with Gasteiger partial charge in [-0.15, -0.1) is 0 Å². The van der Waals surface area contributed by atoms with Crippen LogP contribution in [0.1, 0.15) is 46.5 Å². The second-order valence-electron chi connectivity index (χ2n) is 2.07. The molecule has 0 aliphatic carbocycles. The summed E-state index contributed by atoms with van der Waals surface area (Å²) >= 11 is 7.07. The number of rotatable bonds is 3. The molecule has 0 heterocycles. The standard InChI is InChI=1S/C6H13.2C2H5.H3O2PS2.Zn/c1-3-5-6-4-2;2*1-2;1-3(2,4)5;/h1,3-6H2,2H3;2*1H2,2H3;(H3,1,2,4,5);/q3*-1;;. The van der Waals surface area contributed by atoms with E-state index in [1.165, 1.54) is 19.3 Å². The summed E-state index contributed by atoms with van der Waals surface area (Å²) in [4.78, 5) is 15.7. The van der Waals surface area contributed by atoms with Gasteiger partial charge < -0.3 is 30.6 Å². The van der Waals surface area contributed by atoms with Gasteiger partial charge in [0.15, 0.2) is 0 Å². The minimum atomic E-state index is -3.11. The molecule has 0 saturated heterocycles. The Bertz CT molecular complexity index is 109. The second-order valence-corrected chi connectivity index (χ2v) is 7.11. The number of hydrogen-bond acceptors (Lipinski definition) is 1. The zero-order chi connectivity index (χ0) is 13.3. The van der Waals surface area contributed by atoms with E-state index < -0.39 is 5.69 Å². The van der Waals surface area contributed by atoms with Crippen molar-refractivity contribution >= 4 is 29.7 Å². The van der Waals surface area contributed by atoms with Gasteiger partial charge >= 0.3 is 0 Å². The fraction of sp³-hybridized carbons (Fsp3) is 0.700. The molecule has 0 unspecified atom stereocenters. The van der Waals surface area contributed by atoms with Crippen LogP contribution in [0, 0.1) is 20.8 Å². The summed E-state index contributed by atoms with van der Waals surface area (Å²) < 4.78 is 0. The Hall–Kier alpha value is 1.54. The molecule has 0 spiro atoms. The molecule has 0 aromatic carbocycles. The summed E-state index contributed by atoms with van der Waals surface area (Å²) in [7, 11) is 0. The summed E-state index contributed by atoms with van der Waals surface area (Å²) in [6.07, 6.45) is 5.07. The molecule has 0 aromatic rings. The molecule has 0 aliphatic rings. The second kappa shape index (κ2) is 30.0. The summed E-state index contributed by atoms with van der Waals surface area (Å²) in [5.41, 5.74) is -3.11. The van der Waals surface area contributed by atoms with Gasteiger partial charge in [-0.2, -0.15) is 20.3 Å².